The normalized spacial score (nSPS) is 13.9. The molecular formula is C21H24N2O3. The number of ketones is 1. The van der Waals surface area contributed by atoms with Gasteiger partial charge in [-0.1, -0.05) is 37.3 Å². The third kappa shape index (κ3) is 3.99. The molecule has 2 aromatic rings. The van der Waals surface area contributed by atoms with Crippen molar-refractivity contribution in [1.29, 1.82) is 0 Å². The predicted octanol–water partition coefficient (Wildman–Crippen LogP) is 3.18. The topological polar surface area (TPSA) is 71.8 Å². The van der Waals surface area contributed by atoms with Gasteiger partial charge >= 0.3 is 0 Å². The monoisotopic (exact) mass is 352 g/mol. The number of aliphatic imine (C=N–C) groups is 1. The van der Waals surface area contributed by atoms with Gasteiger partial charge in [0.2, 0.25) is 5.90 Å². The van der Waals surface area contributed by atoms with E-state index in [9.17, 15) is 9.90 Å². The van der Waals surface area contributed by atoms with Crippen molar-refractivity contribution in [3.63, 3.8) is 0 Å². The predicted molar refractivity (Wildman–Crippen MR) is 100 cm³/mol. The fourth-order valence-corrected chi connectivity index (χ4v) is 3.32. The van der Waals surface area contributed by atoms with Gasteiger partial charge in [0.25, 0.3) is 0 Å². The highest BCUT2D eigenvalue weighted by Gasteiger charge is 2.23. The Bertz CT molecular complexity index is 816. The molecule has 1 N–H and O–H groups in total. The number of hydrogen-bond donors (Lipinski definition) is 1. The molecule has 5 heteroatoms. The van der Waals surface area contributed by atoms with Crippen LogP contribution in [0.15, 0.2) is 41.4 Å². The number of carbonyl (C=O) groups excluding carboxylic acids is 1. The third-order valence-electron chi connectivity index (χ3n) is 4.55. The Morgan fingerprint density at radius 1 is 1.31 bits per heavy atom. The Labute approximate surface area is 153 Å². The van der Waals surface area contributed by atoms with Gasteiger partial charge in [-0.25, -0.2) is 4.99 Å². The van der Waals surface area contributed by atoms with Crippen LogP contribution >= 0.6 is 0 Å². The Balaban J connectivity index is 1.72. The second-order valence-electron chi connectivity index (χ2n) is 6.54. The maximum absolute atomic E-state index is 12.5. The molecule has 0 aliphatic carbocycles. The lowest BCUT2D eigenvalue weighted by Crippen LogP contribution is -2.14. The number of aromatic nitrogens is 1. The van der Waals surface area contributed by atoms with Crippen molar-refractivity contribution < 1.29 is 14.6 Å². The molecule has 0 bridgehead atoms. The minimum Gasteiger partial charge on any atom is -0.478 e. The summed E-state index contributed by atoms with van der Waals surface area (Å²) >= 11 is 0. The van der Waals surface area contributed by atoms with Crippen molar-refractivity contribution in [3.05, 3.63) is 64.5 Å². The Morgan fingerprint density at radius 3 is 2.77 bits per heavy atom. The summed E-state index contributed by atoms with van der Waals surface area (Å²) in [5, 5.41) is 9.68. The minimum atomic E-state index is -0.198. The molecular weight excluding hydrogens is 328 g/mol. The summed E-state index contributed by atoms with van der Waals surface area (Å²) in [6.07, 6.45) is 0.735. The van der Waals surface area contributed by atoms with Crippen LogP contribution in [0.5, 0.6) is 0 Å². The van der Waals surface area contributed by atoms with E-state index in [4.69, 9.17) is 4.74 Å². The van der Waals surface area contributed by atoms with Crippen molar-refractivity contribution in [2.45, 2.75) is 45.8 Å². The highest BCUT2D eigenvalue weighted by molar-refractivity contribution is 5.98. The zero-order valence-electron chi connectivity index (χ0n) is 15.2. The molecule has 0 saturated carbocycles. The summed E-state index contributed by atoms with van der Waals surface area (Å²) in [7, 11) is 0. The first-order valence-corrected chi connectivity index (χ1v) is 8.99. The highest BCUT2D eigenvalue weighted by Crippen LogP contribution is 2.25. The quantitative estimate of drug-likeness (QED) is 0.831. The molecule has 136 valence electrons. The van der Waals surface area contributed by atoms with Crippen molar-refractivity contribution >= 4 is 11.7 Å². The SMILES string of the molecule is CCOC1=NCc2cc(CC(=O)C[C@H](C)c3ccccc3)nc(CO)c21. The molecule has 0 fully saturated rings. The number of fused-ring (bicyclic) bond motifs is 1. The highest BCUT2D eigenvalue weighted by atomic mass is 16.5. The van der Waals surface area contributed by atoms with Crippen LogP contribution < -0.4 is 0 Å². The second-order valence-corrected chi connectivity index (χ2v) is 6.54. The van der Waals surface area contributed by atoms with E-state index in [2.05, 4.69) is 16.9 Å². The van der Waals surface area contributed by atoms with E-state index < -0.39 is 0 Å². The van der Waals surface area contributed by atoms with E-state index in [1.165, 1.54) is 0 Å². The lowest BCUT2D eigenvalue weighted by molar-refractivity contribution is -0.118. The van der Waals surface area contributed by atoms with Crippen molar-refractivity contribution in [3.8, 4) is 0 Å². The van der Waals surface area contributed by atoms with Gasteiger partial charge in [-0.2, -0.15) is 0 Å². The van der Waals surface area contributed by atoms with Crippen LogP contribution in [0.25, 0.3) is 0 Å². The molecule has 0 radical (unpaired) electrons. The summed E-state index contributed by atoms with van der Waals surface area (Å²) in [5.74, 6) is 0.847. The lowest BCUT2D eigenvalue weighted by Gasteiger charge is -2.13. The second kappa shape index (κ2) is 8.23. The number of carbonyl (C=O) groups is 1. The maximum Gasteiger partial charge on any atom is 0.218 e. The number of ether oxygens (including phenoxy) is 1. The Morgan fingerprint density at radius 2 is 2.08 bits per heavy atom. The maximum atomic E-state index is 12.5. The van der Waals surface area contributed by atoms with E-state index in [0.29, 0.717) is 36.9 Å². The van der Waals surface area contributed by atoms with Crippen LogP contribution in [0.3, 0.4) is 0 Å². The third-order valence-corrected chi connectivity index (χ3v) is 4.55. The fourth-order valence-electron chi connectivity index (χ4n) is 3.32. The molecule has 1 atom stereocenters. The molecule has 1 aromatic heterocycles. The smallest absolute Gasteiger partial charge is 0.218 e. The van der Waals surface area contributed by atoms with Gasteiger partial charge in [-0.3, -0.25) is 9.78 Å². The molecule has 0 saturated heterocycles. The molecule has 1 aliphatic heterocycles. The number of Topliss-reactive ketones (excluding diaryl/α,β-unsaturated/α-hetero) is 1. The number of aliphatic hydroxyl groups is 1. The van der Waals surface area contributed by atoms with E-state index in [1.807, 2.05) is 43.3 Å². The van der Waals surface area contributed by atoms with Gasteiger partial charge in [-0.15, -0.1) is 0 Å². The van der Waals surface area contributed by atoms with Crippen molar-refractivity contribution in [1.82, 2.24) is 4.98 Å². The van der Waals surface area contributed by atoms with Gasteiger partial charge in [0.05, 0.1) is 31.0 Å². The molecule has 0 spiro atoms. The zero-order valence-corrected chi connectivity index (χ0v) is 15.2. The molecule has 1 aliphatic rings. The summed E-state index contributed by atoms with van der Waals surface area (Å²) in [6, 6.07) is 11.9. The number of hydrogen-bond acceptors (Lipinski definition) is 5. The van der Waals surface area contributed by atoms with Gasteiger partial charge in [-0.05, 0) is 30.0 Å². The van der Waals surface area contributed by atoms with E-state index in [-0.39, 0.29) is 24.7 Å². The average Bonchev–Trinajstić information content (AvgIpc) is 3.05. The average molecular weight is 352 g/mol. The van der Waals surface area contributed by atoms with Crippen LogP contribution in [0, 0.1) is 0 Å². The van der Waals surface area contributed by atoms with Gasteiger partial charge < -0.3 is 9.84 Å². The fraction of sp³-hybridized carbons (Fsp3) is 0.381. The van der Waals surface area contributed by atoms with Crippen LogP contribution in [0.1, 0.15) is 54.3 Å². The summed E-state index contributed by atoms with van der Waals surface area (Å²) in [5.41, 5.74) is 4.13. The zero-order chi connectivity index (χ0) is 18.5. The van der Waals surface area contributed by atoms with Crippen LogP contribution in [-0.2, 0) is 29.1 Å². The summed E-state index contributed by atoms with van der Waals surface area (Å²) < 4.78 is 5.53. The molecule has 0 amide bonds. The number of benzene rings is 1. The number of rotatable bonds is 7. The number of pyridine rings is 1. The standard InChI is InChI=1S/C21H24N2O3/c1-3-26-21-20-16(12-22-21)10-17(23-19(20)13-24)11-18(25)9-14(2)15-7-5-4-6-8-15/h4-8,10,14,24H,3,9,11-13H2,1-2H3/t14-/m0/s1. The Kier molecular flexibility index (Phi) is 5.78. The van der Waals surface area contributed by atoms with Crippen molar-refractivity contribution in [2.75, 3.05) is 6.61 Å². The molecule has 3 rings (SSSR count). The number of nitrogens with zero attached hydrogens (tertiary/aromatic N) is 2. The van der Waals surface area contributed by atoms with Crippen LogP contribution in [0.2, 0.25) is 0 Å². The summed E-state index contributed by atoms with van der Waals surface area (Å²) in [6.45, 7) is 4.78. The van der Waals surface area contributed by atoms with Crippen LogP contribution in [-0.4, -0.2) is 28.4 Å². The lowest BCUT2D eigenvalue weighted by atomic mass is 9.94. The molecule has 2 heterocycles. The molecule has 5 nitrogen and oxygen atoms in total. The van der Waals surface area contributed by atoms with Crippen molar-refractivity contribution in [2.24, 2.45) is 4.99 Å². The summed E-state index contributed by atoms with van der Waals surface area (Å²) in [4.78, 5) is 21.4. The first-order chi connectivity index (χ1) is 12.6. The number of aliphatic hydroxyl groups excluding tert-OH is 1. The first kappa shape index (κ1) is 18.3. The molecule has 26 heavy (non-hydrogen) atoms. The van der Waals surface area contributed by atoms with Gasteiger partial charge in [0, 0.05) is 18.5 Å². The minimum absolute atomic E-state index is 0.140. The molecule has 0 unspecified atom stereocenters. The molecule has 1 aromatic carbocycles. The Hall–Kier alpha value is -2.53. The van der Waals surface area contributed by atoms with Gasteiger partial charge in [0.15, 0.2) is 0 Å². The van der Waals surface area contributed by atoms with E-state index >= 15 is 0 Å². The van der Waals surface area contributed by atoms with Crippen LogP contribution in [0.4, 0.5) is 0 Å². The van der Waals surface area contributed by atoms with E-state index in [0.717, 1.165) is 16.7 Å². The first-order valence-electron chi connectivity index (χ1n) is 8.99. The largest absolute Gasteiger partial charge is 0.478 e. The van der Waals surface area contributed by atoms with Gasteiger partial charge in [0.1, 0.15) is 5.78 Å². The van der Waals surface area contributed by atoms with E-state index in [1.54, 1.807) is 0 Å².